The summed E-state index contributed by atoms with van der Waals surface area (Å²) in [4.78, 5) is 116. The zero-order valence-corrected chi connectivity index (χ0v) is 33.5. The molecule has 320 valence electrons. The van der Waals surface area contributed by atoms with Gasteiger partial charge in [-0.3, -0.25) is 43.2 Å². The van der Waals surface area contributed by atoms with E-state index in [9.17, 15) is 48.3 Å². The summed E-state index contributed by atoms with van der Waals surface area (Å²) < 4.78 is 0. The van der Waals surface area contributed by atoms with Crippen molar-refractivity contribution < 1.29 is 48.3 Å². The quantitative estimate of drug-likeness (QED) is 0.0492. The molecule has 13 N–H and O–H groups in total. The first-order valence-corrected chi connectivity index (χ1v) is 19.0. The van der Waals surface area contributed by atoms with Gasteiger partial charge >= 0.3 is 0 Å². The number of amides is 9. The number of nitrogens with two attached hydrogens (primary N) is 3. The van der Waals surface area contributed by atoms with Crippen molar-refractivity contribution in [2.75, 3.05) is 19.7 Å². The zero-order chi connectivity index (χ0) is 43.7. The number of hydrogen-bond acceptors (Lipinski definition) is 11. The van der Waals surface area contributed by atoms with E-state index >= 15 is 0 Å². The van der Waals surface area contributed by atoms with E-state index in [4.69, 9.17) is 17.2 Å². The summed E-state index contributed by atoms with van der Waals surface area (Å²) in [6, 6.07) is 1.83. The third kappa shape index (κ3) is 15.8. The predicted octanol–water partition coefficient (Wildman–Crippen LogP) is -3.32. The van der Waals surface area contributed by atoms with Crippen molar-refractivity contribution in [3.8, 4) is 0 Å². The zero-order valence-electron chi connectivity index (χ0n) is 33.5. The first-order chi connectivity index (χ1) is 27.2. The molecule has 2 rings (SSSR count). The van der Waals surface area contributed by atoms with E-state index in [2.05, 4.69) is 31.9 Å². The van der Waals surface area contributed by atoms with Gasteiger partial charge in [-0.15, -0.1) is 0 Å². The van der Waals surface area contributed by atoms with E-state index in [1.54, 1.807) is 50.8 Å². The van der Waals surface area contributed by atoms with Gasteiger partial charge in [0.25, 0.3) is 5.91 Å². The van der Waals surface area contributed by atoms with Gasteiger partial charge in [0.1, 0.15) is 30.2 Å². The molecular formula is C38H58N10O10. The minimum atomic E-state index is -1.57. The highest BCUT2D eigenvalue weighted by atomic mass is 16.3. The first-order valence-electron chi connectivity index (χ1n) is 19.0. The van der Waals surface area contributed by atoms with E-state index in [0.29, 0.717) is 13.0 Å². The van der Waals surface area contributed by atoms with Crippen LogP contribution in [0, 0.1) is 11.8 Å². The Morgan fingerprint density at radius 2 is 1.29 bits per heavy atom. The molecule has 1 aromatic carbocycles. The maximum absolute atomic E-state index is 13.9. The van der Waals surface area contributed by atoms with Crippen molar-refractivity contribution in [3.63, 3.8) is 0 Å². The SMILES string of the molecule is CC(=O)N[C@@H](CO)C(=O)N[C@@H](CCC(N)=O)C(=O)N[C@@H](CC(N)=O)C(=O)N[C@@H](Cc1ccccc1)CN1CCC=C1C(=O)N[C@H](C(=O)N[C@H](C(N)=O)C(C)C)C(C)C. The summed E-state index contributed by atoms with van der Waals surface area (Å²) >= 11 is 0. The van der Waals surface area contributed by atoms with Crippen molar-refractivity contribution in [2.45, 2.75) is 103 Å². The fourth-order valence-electron chi connectivity index (χ4n) is 6.17. The van der Waals surface area contributed by atoms with Gasteiger partial charge in [-0.25, -0.2) is 0 Å². The van der Waals surface area contributed by atoms with E-state index in [0.717, 1.165) is 12.5 Å². The molecule has 0 radical (unpaired) electrons. The van der Waals surface area contributed by atoms with Crippen LogP contribution in [0.4, 0.5) is 0 Å². The molecule has 0 fully saturated rings. The van der Waals surface area contributed by atoms with Crippen molar-refractivity contribution in [1.82, 2.24) is 36.8 Å². The lowest BCUT2D eigenvalue weighted by Gasteiger charge is -2.31. The van der Waals surface area contributed by atoms with Gasteiger partial charge < -0.3 is 59.1 Å². The summed E-state index contributed by atoms with van der Waals surface area (Å²) in [6.07, 6.45) is 1.02. The van der Waals surface area contributed by atoms with E-state index in [1.807, 2.05) is 18.2 Å². The Hall–Kier alpha value is -6.05. The number of benzene rings is 1. The molecule has 58 heavy (non-hydrogen) atoms. The normalized spacial score (nSPS) is 15.4. The number of aliphatic hydroxyl groups excluding tert-OH is 1. The highest BCUT2D eigenvalue weighted by Crippen LogP contribution is 2.18. The second kappa shape index (κ2) is 23.2. The molecule has 1 heterocycles. The number of carbonyl (C=O) groups is 9. The molecule has 0 bridgehead atoms. The minimum absolute atomic E-state index is 0.0652. The van der Waals surface area contributed by atoms with Crippen molar-refractivity contribution in [2.24, 2.45) is 29.0 Å². The maximum atomic E-state index is 13.9. The van der Waals surface area contributed by atoms with Crippen LogP contribution in [0.15, 0.2) is 42.1 Å². The van der Waals surface area contributed by atoms with E-state index in [-0.39, 0.29) is 43.3 Å². The molecule has 9 amide bonds. The Balaban J connectivity index is 2.34. The second-order valence-corrected chi connectivity index (χ2v) is 14.8. The number of hydrogen-bond donors (Lipinski definition) is 10. The van der Waals surface area contributed by atoms with E-state index < -0.39 is 102 Å². The second-order valence-electron chi connectivity index (χ2n) is 14.8. The van der Waals surface area contributed by atoms with Crippen LogP contribution >= 0.6 is 0 Å². The average molecular weight is 815 g/mol. The molecule has 0 saturated heterocycles. The summed E-state index contributed by atoms with van der Waals surface area (Å²) in [5, 5.41) is 24.8. The number of carbonyl (C=O) groups excluding carboxylic acids is 9. The van der Waals surface area contributed by atoms with Gasteiger partial charge in [-0.05, 0) is 36.7 Å². The predicted molar refractivity (Wildman–Crippen MR) is 210 cm³/mol. The molecule has 0 aliphatic carbocycles. The van der Waals surface area contributed by atoms with Crippen LogP contribution in [-0.4, -0.2) is 119 Å². The molecule has 0 spiro atoms. The largest absolute Gasteiger partial charge is 0.394 e. The fourth-order valence-corrected chi connectivity index (χ4v) is 6.17. The number of nitrogens with one attached hydrogen (secondary N) is 6. The van der Waals surface area contributed by atoms with Crippen molar-refractivity contribution in [1.29, 1.82) is 0 Å². The van der Waals surface area contributed by atoms with Crippen LogP contribution in [0.3, 0.4) is 0 Å². The lowest BCUT2D eigenvalue weighted by atomic mass is 9.99. The molecule has 20 nitrogen and oxygen atoms in total. The Morgan fingerprint density at radius 3 is 1.83 bits per heavy atom. The van der Waals surface area contributed by atoms with Crippen LogP contribution < -0.4 is 49.1 Å². The molecule has 0 saturated carbocycles. The number of aliphatic hydroxyl groups is 1. The Morgan fingerprint density at radius 1 is 0.707 bits per heavy atom. The van der Waals surface area contributed by atoms with Crippen LogP contribution in [0.5, 0.6) is 0 Å². The monoisotopic (exact) mass is 814 g/mol. The van der Waals surface area contributed by atoms with Crippen molar-refractivity contribution >= 4 is 53.2 Å². The van der Waals surface area contributed by atoms with Gasteiger partial charge in [-0.2, -0.15) is 0 Å². The highest BCUT2D eigenvalue weighted by molar-refractivity contribution is 5.98. The van der Waals surface area contributed by atoms with Gasteiger partial charge in [0.05, 0.1) is 24.8 Å². The van der Waals surface area contributed by atoms with Crippen molar-refractivity contribution in [3.05, 3.63) is 47.7 Å². The molecule has 1 aliphatic heterocycles. The van der Waals surface area contributed by atoms with Gasteiger partial charge in [0.2, 0.25) is 47.3 Å². The molecule has 0 unspecified atom stereocenters. The van der Waals surface area contributed by atoms with Gasteiger partial charge in [0, 0.05) is 26.4 Å². The van der Waals surface area contributed by atoms with Gasteiger partial charge in [-0.1, -0.05) is 64.1 Å². The molecule has 0 aromatic heterocycles. The smallest absolute Gasteiger partial charge is 0.267 e. The molecule has 6 atom stereocenters. The minimum Gasteiger partial charge on any atom is -0.394 e. The molecule has 1 aliphatic rings. The lowest BCUT2D eigenvalue weighted by molar-refractivity contribution is -0.135. The molecule has 1 aromatic rings. The average Bonchev–Trinajstić information content (AvgIpc) is 3.60. The third-order valence-electron chi connectivity index (χ3n) is 9.16. The number of primary amides is 3. The summed E-state index contributed by atoms with van der Waals surface area (Å²) in [6.45, 7) is 7.65. The van der Waals surface area contributed by atoms with E-state index in [1.165, 1.54) is 0 Å². The summed E-state index contributed by atoms with van der Waals surface area (Å²) in [5.74, 6) is -7.73. The number of rotatable bonds is 24. The molecular weight excluding hydrogens is 756 g/mol. The number of nitrogens with zero attached hydrogens (tertiary/aromatic N) is 1. The summed E-state index contributed by atoms with van der Waals surface area (Å²) in [7, 11) is 0. The summed E-state index contributed by atoms with van der Waals surface area (Å²) in [5.41, 5.74) is 17.2. The topological polar surface area (TPSA) is 327 Å². The van der Waals surface area contributed by atoms with Crippen LogP contribution in [-0.2, 0) is 49.6 Å². The van der Waals surface area contributed by atoms with Crippen LogP contribution in [0.1, 0.15) is 65.9 Å². The Kier molecular flexibility index (Phi) is 19.3. The fraction of sp³-hybridized carbons (Fsp3) is 0.553. The lowest BCUT2D eigenvalue weighted by Crippen LogP contribution is -2.59. The Bertz CT molecular complexity index is 1690. The Labute approximate surface area is 337 Å². The third-order valence-corrected chi connectivity index (χ3v) is 9.16. The highest BCUT2D eigenvalue weighted by Gasteiger charge is 2.34. The molecule has 20 heteroatoms. The maximum Gasteiger partial charge on any atom is 0.267 e. The van der Waals surface area contributed by atoms with Crippen LogP contribution in [0.25, 0.3) is 0 Å². The first kappa shape index (κ1) is 48.1. The standard InChI is InChI=1S/C38H58N10O10/c1-20(2)31(33(41)53)46-38(58)32(21(3)4)47-37(57)28-12-9-15-48(28)18-24(16-23-10-7-6-8-11-23)43-35(55)26(17-30(40)52)45-34(54)25(13-14-29(39)51)44-36(56)27(19-49)42-22(5)50/h6-8,10-12,20-21,24-27,31-32,49H,9,13-19H2,1-5H3,(H2,39,51)(H2,40,52)(H2,41,53)(H,42,50)(H,43,55)(H,44,56)(H,45,54)(H,46,58)(H,47,57)/t24-,25-,26-,27-,31-,32-/m0/s1. The van der Waals surface area contributed by atoms with Gasteiger partial charge in [0.15, 0.2) is 0 Å². The van der Waals surface area contributed by atoms with Crippen LogP contribution in [0.2, 0.25) is 0 Å².